The van der Waals surface area contributed by atoms with Crippen LogP contribution < -0.4 is 32.9 Å². The Morgan fingerprint density at radius 2 is 0.885 bits per heavy atom. The van der Waals surface area contributed by atoms with Gasteiger partial charge in [0.15, 0.2) is 3.79 Å². The standard InChI is InChI=1S/C21H19Cl3P.BrH/c22-21(23,24)16-17-25(18-10-4-1-5-11-18,19-12-6-2-7-13-19)20-14-8-3-9-15-20;/h1-15H,16-17H2;1H/q+1;/p-1. The van der Waals surface area contributed by atoms with Gasteiger partial charge >= 0.3 is 0 Å². The molecule has 0 aromatic heterocycles. The van der Waals surface area contributed by atoms with E-state index in [1.807, 2.05) is 18.2 Å². The van der Waals surface area contributed by atoms with E-state index in [9.17, 15) is 0 Å². The largest absolute Gasteiger partial charge is 1.00 e. The normalized spacial score (nSPS) is 11.7. The van der Waals surface area contributed by atoms with Crippen LogP contribution in [0.3, 0.4) is 0 Å². The van der Waals surface area contributed by atoms with E-state index in [0.29, 0.717) is 6.42 Å². The van der Waals surface area contributed by atoms with Gasteiger partial charge in [-0.05, 0) is 36.4 Å². The van der Waals surface area contributed by atoms with Gasteiger partial charge in [0, 0.05) is 6.42 Å². The third-order valence-corrected chi connectivity index (χ3v) is 9.32. The molecule has 0 aliphatic heterocycles. The molecule has 0 spiro atoms. The van der Waals surface area contributed by atoms with Crippen molar-refractivity contribution in [3.63, 3.8) is 0 Å². The molecule has 136 valence electrons. The summed E-state index contributed by atoms with van der Waals surface area (Å²) in [5.74, 6) is 0. The van der Waals surface area contributed by atoms with Crippen molar-refractivity contribution in [1.29, 1.82) is 0 Å². The molecule has 0 nitrogen and oxygen atoms in total. The monoisotopic (exact) mass is 486 g/mol. The van der Waals surface area contributed by atoms with Crippen LogP contribution in [0.4, 0.5) is 0 Å². The molecular formula is C21H19BrCl3P. The molecule has 0 aliphatic carbocycles. The Hall–Kier alpha value is -0.560. The van der Waals surface area contributed by atoms with Crippen LogP contribution in [0.15, 0.2) is 91.0 Å². The first-order valence-electron chi connectivity index (χ1n) is 8.14. The van der Waals surface area contributed by atoms with Crippen LogP contribution in [-0.2, 0) is 0 Å². The van der Waals surface area contributed by atoms with Crippen molar-refractivity contribution in [2.75, 3.05) is 6.16 Å². The average Bonchev–Trinajstić information content (AvgIpc) is 2.64. The van der Waals surface area contributed by atoms with Gasteiger partial charge in [0.05, 0.1) is 6.16 Å². The number of hydrogen-bond donors (Lipinski definition) is 0. The van der Waals surface area contributed by atoms with Gasteiger partial charge in [0.2, 0.25) is 0 Å². The van der Waals surface area contributed by atoms with Gasteiger partial charge in [0.1, 0.15) is 23.2 Å². The fourth-order valence-electron chi connectivity index (χ4n) is 3.18. The van der Waals surface area contributed by atoms with Gasteiger partial charge in [-0.2, -0.15) is 0 Å². The Morgan fingerprint density at radius 3 is 1.15 bits per heavy atom. The molecule has 0 fully saturated rings. The minimum absolute atomic E-state index is 0. The number of alkyl halides is 3. The molecular weight excluding hydrogens is 469 g/mol. The van der Waals surface area contributed by atoms with Crippen LogP contribution in [0.2, 0.25) is 0 Å². The van der Waals surface area contributed by atoms with Gasteiger partial charge in [-0.15, -0.1) is 0 Å². The predicted molar refractivity (Wildman–Crippen MR) is 115 cm³/mol. The van der Waals surface area contributed by atoms with Gasteiger partial charge in [-0.25, -0.2) is 0 Å². The van der Waals surface area contributed by atoms with Crippen molar-refractivity contribution in [3.8, 4) is 0 Å². The molecule has 3 rings (SSSR count). The highest BCUT2D eigenvalue weighted by Crippen LogP contribution is 2.57. The van der Waals surface area contributed by atoms with Gasteiger partial charge in [0.25, 0.3) is 0 Å². The fraction of sp³-hybridized carbons (Fsp3) is 0.143. The van der Waals surface area contributed by atoms with Crippen LogP contribution in [-0.4, -0.2) is 9.95 Å². The molecule has 0 amide bonds. The lowest BCUT2D eigenvalue weighted by Gasteiger charge is -2.28. The molecule has 0 saturated heterocycles. The molecule has 3 aromatic carbocycles. The first-order valence-corrected chi connectivity index (χ1v) is 11.2. The Morgan fingerprint density at radius 1 is 0.577 bits per heavy atom. The summed E-state index contributed by atoms with van der Waals surface area (Å²) >= 11 is 18.5. The molecule has 0 heterocycles. The van der Waals surface area contributed by atoms with Gasteiger partial charge in [-0.1, -0.05) is 89.4 Å². The lowest BCUT2D eigenvalue weighted by molar-refractivity contribution is -0.00000462. The summed E-state index contributed by atoms with van der Waals surface area (Å²) in [6.45, 7) is 0. The molecule has 0 saturated carbocycles. The van der Waals surface area contributed by atoms with Gasteiger partial charge < -0.3 is 17.0 Å². The van der Waals surface area contributed by atoms with E-state index in [4.69, 9.17) is 34.8 Å². The van der Waals surface area contributed by atoms with Crippen molar-refractivity contribution in [3.05, 3.63) is 91.0 Å². The van der Waals surface area contributed by atoms with Crippen LogP contribution in [0.5, 0.6) is 0 Å². The van der Waals surface area contributed by atoms with Crippen molar-refractivity contribution in [1.82, 2.24) is 0 Å². The molecule has 0 radical (unpaired) electrons. The highest BCUT2D eigenvalue weighted by atomic mass is 79.9. The maximum Gasteiger partial charge on any atom is 0.194 e. The van der Waals surface area contributed by atoms with Crippen molar-refractivity contribution < 1.29 is 17.0 Å². The quantitative estimate of drug-likeness (QED) is 0.383. The summed E-state index contributed by atoms with van der Waals surface area (Å²) in [7, 11) is -1.90. The predicted octanol–water partition coefficient (Wildman–Crippen LogP) is 2.74. The average molecular weight is 489 g/mol. The highest BCUT2D eigenvalue weighted by molar-refractivity contribution is 7.95. The topological polar surface area (TPSA) is 0 Å². The van der Waals surface area contributed by atoms with Crippen LogP contribution in [0, 0.1) is 0 Å². The number of rotatable bonds is 5. The van der Waals surface area contributed by atoms with Gasteiger partial charge in [-0.3, -0.25) is 0 Å². The molecule has 0 bridgehead atoms. The smallest absolute Gasteiger partial charge is 0.194 e. The maximum absolute atomic E-state index is 6.15. The highest BCUT2D eigenvalue weighted by Gasteiger charge is 2.46. The zero-order valence-electron chi connectivity index (χ0n) is 14.0. The summed E-state index contributed by atoms with van der Waals surface area (Å²) in [6.07, 6.45) is 1.31. The Balaban J connectivity index is 0.00000243. The second-order valence-corrected chi connectivity index (χ2v) is 12.0. The third-order valence-electron chi connectivity index (χ3n) is 4.32. The Labute approximate surface area is 181 Å². The van der Waals surface area contributed by atoms with Crippen molar-refractivity contribution in [2.24, 2.45) is 0 Å². The van der Waals surface area contributed by atoms with Crippen molar-refractivity contribution >= 4 is 58.0 Å². The van der Waals surface area contributed by atoms with E-state index in [-0.39, 0.29) is 17.0 Å². The molecule has 26 heavy (non-hydrogen) atoms. The Kier molecular flexibility index (Phi) is 8.01. The summed E-state index contributed by atoms with van der Waals surface area (Å²) in [5, 5.41) is 3.92. The minimum atomic E-state index is -1.90. The third kappa shape index (κ3) is 5.03. The molecule has 0 aliphatic rings. The summed E-state index contributed by atoms with van der Waals surface area (Å²) in [4.78, 5) is 0. The van der Waals surface area contributed by atoms with E-state index in [1.54, 1.807) is 0 Å². The molecule has 0 atom stereocenters. The first kappa shape index (κ1) is 21.7. The number of benzene rings is 3. The maximum atomic E-state index is 6.15. The molecule has 3 aromatic rings. The molecule has 0 N–H and O–H groups in total. The summed E-state index contributed by atoms with van der Waals surface area (Å²) < 4.78 is -1.26. The second kappa shape index (κ2) is 9.58. The van der Waals surface area contributed by atoms with E-state index in [1.165, 1.54) is 15.9 Å². The van der Waals surface area contributed by atoms with Crippen molar-refractivity contribution in [2.45, 2.75) is 10.2 Å². The minimum Gasteiger partial charge on any atom is -1.00 e. The molecule has 0 unspecified atom stereocenters. The molecule has 5 heteroatoms. The lowest BCUT2D eigenvalue weighted by Crippen LogP contribution is -3.00. The van der Waals surface area contributed by atoms with Crippen LogP contribution in [0.1, 0.15) is 6.42 Å². The van der Waals surface area contributed by atoms with E-state index in [0.717, 1.165) is 6.16 Å². The summed E-state index contributed by atoms with van der Waals surface area (Å²) in [5.41, 5.74) is 0. The number of hydrogen-bond acceptors (Lipinski definition) is 0. The van der Waals surface area contributed by atoms with E-state index in [2.05, 4.69) is 72.8 Å². The zero-order valence-corrected chi connectivity index (χ0v) is 18.8. The van der Waals surface area contributed by atoms with Crippen LogP contribution >= 0.6 is 42.1 Å². The second-order valence-electron chi connectivity index (χ2n) is 5.91. The van der Waals surface area contributed by atoms with Crippen LogP contribution in [0.25, 0.3) is 0 Å². The SMILES string of the molecule is ClC(Cl)(Cl)CC[P+](c1ccccc1)(c1ccccc1)c1ccccc1.[Br-]. The van der Waals surface area contributed by atoms with E-state index >= 15 is 0 Å². The fourth-order valence-corrected chi connectivity index (χ4v) is 8.24. The number of halogens is 4. The lowest BCUT2D eigenvalue weighted by atomic mass is 10.4. The Bertz CT molecular complexity index is 693. The van der Waals surface area contributed by atoms with E-state index < -0.39 is 11.1 Å². The zero-order chi connectivity index (χ0) is 17.8. The summed E-state index contributed by atoms with van der Waals surface area (Å²) in [6, 6.07) is 31.9. The first-order chi connectivity index (χ1) is 12.0.